The number of carbonyl (C=O) groups is 1. The van der Waals surface area contributed by atoms with Crippen LogP contribution < -0.4 is 4.74 Å². The number of hydrogen-bond acceptors (Lipinski definition) is 5. The maximum atomic E-state index is 11.0. The number of benzene rings is 3. The monoisotopic (exact) mass is 536 g/mol. The Bertz CT molecular complexity index is 1120. The molecule has 1 heterocycles. The van der Waals surface area contributed by atoms with E-state index in [1.807, 2.05) is 49.5 Å². The zero-order valence-corrected chi connectivity index (χ0v) is 21.2. The lowest BCUT2D eigenvalue weighted by Gasteiger charge is -2.30. The number of piperidine rings is 1. The molecule has 3 aromatic carbocycles. The van der Waals surface area contributed by atoms with Crippen LogP contribution in [0.25, 0.3) is 0 Å². The minimum absolute atomic E-state index is 0.0736. The van der Waals surface area contributed by atoms with Crippen LogP contribution in [-0.2, 0) is 11.4 Å². The lowest BCUT2D eigenvalue weighted by Crippen LogP contribution is -2.33. The Balaban J connectivity index is 1.19. The van der Waals surface area contributed by atoms with Gasteiger partial charge in [-0.25, -0.2) is 4.79 Å². The van der Waals surface area contributed by atoms with Gasteiger partial charge in [0.05, 0.1) is 5.56 Å². The predicted molar refractivity (Wildman–Crippen MR) is 140 cm³/mol. The maximum absolute atomic E-state index is 11.0. The molecule has 0 saturated carbocycles. The maximum Gasteiger partial charge on any atom is 0.335 e. The first-order valence-corrected chi connectivity index (χ1v) is 12.5. The molecule has 6 nitrogen and oxygen atoms in total. The molecule has 35 heavy (non-hydrogen) atoms. The van der Waals surface area contributed by atoms with Crippen molar-refractivity contribution in [1.82, 2.24) is 4.90 Å². The fraction of sp³-hybridized carbons (Fsp3) is 0.286. The smallest absolute Gasteiger partial charge is 0.335 e. The first-order valence-electron chi connectivity index (χ1n) is 11.7. The Kier molecular flexibility index (Phi) is 8.55. The highest BCUT2D eigenvalue weighted by Gasteiger charge is 2.18. The van der Waals surface area contributed by atoms with Crippen LogP contribution in [0.15, 0.2) is 82.4 Å². The van der Waals surface area contributed by atoms with Crippen molar-refractivity contribution in [3.63, 3.8) is 0 Å². The number of carboxylic acid groups (broad SMARTS) is 1. The lowest BCUT2D eigenvalue weighted by molar-refractivity contribution is 0.0696. The molecule has 1 saturated heterocycles. The normalized spacial score (nSPS) is 15.7. The van der Waals surface area contributed by atoms with Crippen LogP contribution in [0.3, 0.4) is 0 Å². The molecule has 4 rings (SSSR count). The third kappa shape index (κ3) is 7.41. The Labute approximate surface area is 214 Å². The van der Waals surface area contributed by atoms with E-state index in [1.165, 1.54) is 17.7 Å². The van der Waals surface area contributed by atoms with Gasteiger partial charge in [-0.1, -0.05) is 45.4 Å². The summed E-state index contributed by atoms with van der Waals surface area (Å²) >= 11 is 3.45. The van der Waals surface area contributed by atoms with Crippen LogP contribution in [0, 0.1) is 5.92 Å². The highest BCUT2D eigenvalue weighted by atomic mass is 79.9. The summed E-state index contributed by atoms with van der Waals surface area (Å²) in [5, 5.41) is 13.3. The summed E-state index contributed by atoms with van der Waals surface area (Å²) in [5.74, 6) is 0.828. The van der Waals surface area contributed by atoms with Crippen molar-refractivity contribution in [2.45, 2.75) is 32.4 Å². The Hall–Kier alpha value is -3.16. The van der Waals surface area contributed by atoms with E-state index < -0.39 is 5.97 Å². The Morgan fingerprint density at radius 3 is 2.23 bits per heavy atom. The first-order chi connectivity index (χ1) is 17.0. The fourth-order valence-electron chi connectivity index (χ4n) is 3.99. The number of ether oxygens (including phenoxy) is 1. The molecule has 182 valence electrons. The van der Waals surface area contributed by atoms with Gasteiger partial charge in [0, 0.05) is 17.2 Å². The van der Waals surface area contributed by atoms with Crippen molar-refractivity contribution in [1.29, 1.82) is 0 Å². The van der Waals surface area contributed by atoms with E-state index in [2.05, 4.69) is 38.1 Å². The molecule has 0 radical (unpaired) electrons. The SMILES string of the molecule is CC(O/N=C\C1CCN(Cc2ccc(Oc3ccc(C(=O)O)cc3)cc2)CC1)c1ccc(Br)cc1. The predicted octanol–water partition coefficient (Wildman–Crippen LogP) is 6.92. The van der Waals surface area contributed by atoms with Crippen molar-refractivity contribution in [3.05, 3.63) is 94.0 Å². The van der Waals surface area contributed by atoms with Crippen LogP contribution in [0.4, 0.5) is 0 Å². The topological polar surface area (TPSA) is 71.4 Å². The van der Waals surface area contributed by atoms with Gasteiger partial charge in [-0.3, -0.25) is 4.90 Å². The summed E-state index contributed by atoms with van der Waals surface area (Å²) in [6.45, 7) is 4.95. The summed E-state index contributed by atoms with van der Waals surface area (Å²) in [5.41, 5.74) is 2.58. The average Bonchev–Trinajstić information content (AvgIpc) is 2.87. The number of oxime groups is 1. The van der Waals surface area contributed by atoms with E-state index in [4.69, 9.17) is 14.7 Å². The Morgan fingerprint density at radius 2 is 1.63 bits per heavy atom. The second-order valence-corrected chi connectivity index (χ2v) is 9.66. The highest BCUT2D eigenvalue weighted by molar-refractivity contribution is 9.10. The average molecular weight is 537 g/mol. The van der Waals surface area contributed by atoms with E-state index in [1.54, 1.807) is 12.1 Å². The van der Waals surface area contributed by atoms with Gasteiger partial charge in [0.1, 0.15) is 17.6 Å². The van der Waals surface area contributed by atoms with Gasteiger partial charge in [-0.2, -0.15) is 0 Å². The summed E-state index contributed by atoms with van der Waals surface area (Å²) in [6, 6.07) is 22.6. The fourth-order valence-corrected chi connectivity index (χ4v) is 4.25. The number of aromatic carboxylic acids is 1. The summed E-state index contributed by atoms with van der Waals surface area (Å²) in [6.07, 6.45) is 4.01. The third-order valence-electron chi connectivity index (χ3n) is 6.13. The molecule has 0 spiro atoms. The van der Waals surface area contributed by atoms with Gasteiger partial charge in [0.15, 0.2) is 0 Å². The van der Waals surface area contributed by atoms with Crippen LogP contribution >= 0.6 is 15.9 Å². The molecule has 0 aromatic heterocycles. The molecular formula is C28H29BrN2O4. The number of rotatable bonds is 9. The quantitative estimate of drug-likeness (QED) is 0.237. The van der Waals surface area contributed by atoms with Crippen LogP contribution in [0.2, 0.25) is 0 Å². The van der Waals surface area contributed by atoms with Gasteiger partial charge in [0.2, 0.25) is 0 Å². The highest BCUT2D eigenvalue weighted by Crippen LogP contribution is 2.24. The number of hydrogen-bond donors (Lipinski definition) is 1. The first kappa shape index (κ1) is 24.9. The van der Waals surface area contributed by atoms with Crippen molar-refractivity contribution < 1.29 is 19.5 Å². The van der Waals surface area contributed by atoms with Crippen molar-refractivity contribution >= 4 is 28.1 Å². The zero-order chi connectivity index (χ0) is 24.6. The van der Waals surface area contributed by atoms with Crippen LogP contribution in [-0.4, -0.2) is 35.3 Å². The molecule has 1 fully saturated rings. The van der Waals surface area contributed by atoms with Crippen molar-refractivity contribution in [3.8, 4) is 11.5 Å². The van der Waals surface area contributed by atoms with E-state index in [0.29, 0.717) is 11.7 Å². The molecule has 1 unspecified atom stereocenters. The summed E-state index contributed by atoms with van der Waals surface area (Å²) in [7, 11) is 0. The van der Waals surface area contributed by atoms with Crippen molar-refractivity contribution in [2.24, 2.45) is 11.1 Å². The van der Waals surface area contributed by atoms with Crippen LogP contribution in [0.5, 0.6) is 11.5 Å². The number of nitrogens with zero attached hydrogens (tertiary/aromatic N) is 2. The third-order valence-corrected chi connectivity index (χ3v) is 6.66. The minimum atomic E-state index is -0.947. The van der Waals surface area contributed by atoms with E-state index in [9.17, 15) is 4.79 Å². The van der Waals surface area contributed by atoms with Crippen LogP contribution in [0.1, 0.15) is 47.4 Å². The molecule has 7 heteroatoms. The second-order valence-electron chi connectivity index (χ2n) is 8.74. The zero-order valence-electron chi connectivity index (χ0n) is 19.6. The molecule has 3 aromatic rings. The summed E-state index contributed by atoms with van der Waals surface area (Å²) in [4.78, 5) is 19.1. The molecule has 1 atom stereocenters. The number of carboxylic acids is 1. The van der Waals surface area contributed by atoms with Gasteiger partial charge < -0.3 is 14.7 Å². The molecule has 1 aliphatic heterocycles. The molecule has 1 aliphatic rings. The second kappa shape index (κ2) is 12.0. The molecule has 1 N–H and O–H groups in total. The van der Waals surface area contributed by atoms with E-state index in [0.717, 1.165) is 48.3 Å². The Morgan fingerprint density at radius 1 is 1.03 bits per heavy atom. The van der Waals surface area contributed by atoms with E-state index >= 15 is 0 Å². The van der Waals surface area contributed by atoms with Gasteiger partial charge in [-0.15, -0.1) is 0 Å². The van der Waals surface area contributed by atoms with Crippen molar-refractivity contribution in [2.75, 3.05) is 13.1 Å². The lowest BCUT2D eigenvalue weighted by atomic mass is 9.98. The standard InChI is InChI=1S/C28H29BrN2O4/c1-20(23-4-8-25(29)9-5-23)35-30-18-21-14-16-31(17-15-21)19-22-2-10-26(11-3-22)34-27-12-6-24(7-13-27)28(32)33/h2-13,18,20-21H,14-17,19H2,1H3,(H,32,33)/b30-18-. The van der Waals surface area contributed by atoms with Gasteiger partial charge in [0.25, 0.3) is 0 Å². The van der Waals surface area contributed by atoms with E-state index in [-0.39, 0.29) is 11.7 Å². The largest absolute Gasteiger partial charge is 0.478 e. The molecule has 0 bridgehead atoms. The number of likely N-dealkylation sites (tertiary alicyclic amines) is 1. The summed E-state index contributed by atoms with van der Waals surface area (Å²) < 4.78 is 6.88. The van der Waals surface area contributed by atoms with Gasteiger partial charge >= 0.3 is 5.97 Å². The molecular weight excluding hydrogens is 508 g/mol. The van der Waals surface area contributed by atoms with Gasteiger partial charge in [-0.05, 0) is 98.4 Å². The minimum Gasteiger partial charge on any atom is -0.478 e. The number of halogens is 1. The molecule has 0 amide bonds. The molecule has 0 aliphatic carbocycles.